The summed E-state index contributed by atoms with van der Waals surface area (Å²) in [4.78, 5) is 14.9. The lowest BCUT2D eigenvalue weighted by Crippen LogP contribution is -2.50. The van der Waals surface area contributed by atoms with E-state index in [1.54, 1.807) is 13.8 Å². The molecule has 198 valence electrons. The first-order valence-corrected chi connectivity index (χ1v) is 14.9. The van der Waals surface area contributed by atoms with E-state index in [1.165, 1.54) is 54.4 Å². The molecule has 2 aromatic rings. The molecule has 1 heterocycles. The zero-order valence-electron chi connectivity index (χ0n) is 20.4. The van der Waals surface area contributed by atoms with Gasteiger partial charge in [-0.2, -0.15) is 4.31 Å². The highest BCUT2D eigenvalue weighted by atomic mass is 35.5. The van der Waals surface area contributed by atoms with Crippen molar-refractivity contribution in [1.82, 2.24) is 9.21 Å². The van der Waals surface area contributed by atoms with Crippen molar-refractivity contribution in [3.63, 3.8) is 0 Å². The van der Waals surface area contributed by atoms with Crippen LogP contribution < -0.4 is 9.46 Å². The minimum absolute atomic E-state index is 0.00287. The number of hydrogen-bond acceptors (Lipinski definition) is 7. The molecule has 0 fully saturated rings. The summed E-state index contributed by atoms with van der Waals surface area (Å²) in [7, 11) is -6.19. The van der Waals surface area contributed by atoms with Crippen LogP contribution in [0, 0.1) is 5.92 Å². The Morgan fingerprint density at radius 1 is 1.19 bits per heavy atom. The van der Waals surface area contributed by atoms with Crippen molar-refractivity contribution in [1.29, 1.82) is 0 Å². The molecule has 3 rings (SSSR count). The van der Waals surface area contributed by atoms with Gasteiger partial charge in [0.1, 0.15) is 6.10 Å². The normalized spacial score (nSPS) is 19.8. The SMILES string of the molecule is C[C@H](CO)N1C[C@H](C)[C@H](CN(C)S(=O)(=O)c2ccc(Cl)cc2)Oc2c(NS(C)(=O)=O)cccc2C1=O. The number of likely N-dealkylation sites (N-methyl/N-ethyl adjacent to an activating group) is 1. The average molecular weight is 560 g/mol. The molecule has 1 aliphatic heterocycles. The van der Waals surface area contributed by atoms with Gasteiger partial charge in [-0.25, -0.2) is 16.8 Å². The Bertz CT molecular complexity index is 1320. The second-order valence-corrected chi connectivity index (χ2v) is 13.1. The number of halogens is 1. The number of nitrogens with zero attached hydrogens (tertiary/aromatic N) is 2. The summed E-state index contributed by atoms with van der Waals surface area (Å²) in [5.41, 5.74) is 0.159. The van der Waals surface area contributed by atoms with Gasteiger partial charge >= 0.3 is 0 Å². The monoisotopic (exact) mass is 559 g/mol. The van der Waals surface area contributed by atoms with Crippen LogP contribution >= 0.6 is 11.6 Å². The molecule has 0 saturated heterocycles. The van der Waals surface area contributed by atoms with Gasteiger partial charge in [0.2, 0.25) is 20.0 Å². The predicted molar refractivity (Wildman–Crippen MR) is 137 cm³/mol. The fourth-order valence-electron chi connectivity index (χ4n) is 3.88. The number of carbonyl (C=O) groups is 1. The number of sulfonamides is 2. The van der Waals surface area contributed by atoms with Gasteiger partial charge < -0.3 is 14.7 Å². The van der Waals surface area contributed by atoms with Crippen molar-refractivity contribution in [2.24, 2.45) is 5.92 Å². The third-order valence-electron chi connectivity index (χ3n) is 5.95. The highest BCUT2D eigenvalue weighted by Crippen LogP contribution is 2.35. The maximum Gasteiger partial charge on any atom is 0.258 e. The highest BCUT2D eigenvalue weighted by Gasteiger charge is 2.36. The molecule has 2 N–H and O–H groups in total. The fourth-order valence-corrected chi connectivity index (χ4v) is 5.75. The van der Waals surface area contributed by atoms with Gasteiger partial charge in [0.05, 0.1) is 41.6 Å². The molecular weight excluding hydrogens is 530 g/mol. The topological polar surface area (TPSA) is 133 Å². The molecule has 0 radical (unpaired) electrons. The van der Waals surface area contributed by atoms with Crippen LogP contribution in [0.25, 0.3) is 0 Å². The lowest BCUT2D eigenvalue weighted by Gasteiger charge is -2.38. The Morgan fingerprint density at radius 3 is 2.42 bits per heavy atom. The van der Waals surface area contributed by atoms with E-state index in [2.05, 4.69) is 4.72 Å². The molecule has 1 aliphatic rings. The maximum atomic E-state index is 13.4. The number of fused-ring (bicyclic) bond motifs is 1. The second kappa shape index (κ2) is 10.9. The number of benzene rings is 2. The van der Waals surface area contributed by atoms with Gasteiger partial charge in [0, 0.05) is 24.5 Å². The van der Waals surface area contributed by atoms with Gasteiger partial charge in [-0.05, 0) is 43.3 Å². The molecule has 3 atom stereocenters. The number of aliphatic hydroxyl groups is 1. The summed E-state index contributed by atoms with van der Waals surface area (Å²) < 4.78 is 60.1. The Balaban J connectivity index is 2.05. The van der Waals surface area contributed by atoms with E-state index in [4.69, 9.17) is 16.3 Å². The van der Waals surface area contributed by atoms with Crippen molar-refractivity contribution in [3.05, 3.63) is 53.1 Å². The van der Waals surface area contributed by atoms with Crippen LogP contribution in [0.1, 0.15) is 24.2 Å². The van der Waals surface area contributed by atoms with Gasteiger partial charge in [-0.15, -0.1) is 0 Å². The Labute approximate surface area is 216 Å². The first kappa shape index (κ1) is 28.2. The van der Waals surface area contributed by atoms with E-state index in [0.717, 1.165) is 10.6 Å². The molecule has 0 aromatic heterocycles. The lowest BCUT2D eigenvalue weighted by molar-refractivity contribution is 0.0389. The molecule has 10 nitrogen and oxygen atoms in total. The number of ether oxygens (including phenoxy) is 1. The first-order valence-electron chi connectivity index (χ1n) is 11.2. The Hall–Kier alpha value is -2.38. The van der Waals surface area contributed by atoms with Crippen LogP contribution in [0.2, 0.25) is 5.02 Å². The van der Waals surface area contributed by atoms with Crippen molar-refractivity contribution in [3.8, 4) is 5.75 Å². The summed E-state index contributed by atoms with van der Waals surface area (Å²) in [6, 6.07) is 9.73. The number of rotatable bonds is 8. The zero-order valence-corrected chi connectivity index (χ0v) is 22.8. The van der Waals surface area contributed by atoms with Crippen LogP contribution in [0.5, 0.6) is 5.75 Å². The van der Waals surface area contributed by atoms with Gasteiger partial charge in [-0.3, -0.25) is 9.52 Å². The van der Waals surface area contributed by atoms with Crippen molar-refractivity contribution < 1.29 is 31.5 Å². The summed E-state index contributed by atoms with van der Waals surface area (Å²) in [6.45, 7) is 3.30. The maximum absolute atomic E-state index is 13.4. The van der Waals surface area contributed by atoms with Gasteiger partial charge in [0.25, 0.3) is 5.91 Å². The van der Waals surface area contributed by atoms with E-state index >= 15 is 0 Å². The van der Waals surface area contributed by atoms with Gasteiger partial charge in [-0.1, -0.05) is 24.6 Å². The largest absolute Gasteiger partial charge is 0.486 e. The molecular formula is C23H30ClN3O7S2. The van der Waals surface area contributed by atoms with Crippen molar-refractivity contribution in [2.45, 2.75) is 30.9 Å². The van der Waals surface area contributed by atoms with Crippen LogP contribution in [0.4, 0.5) is 5.69 Å². The predicted octanol–water partition coefficient (Wildman–Crippen LogP) is 2.25. The minimum Gasteiger partial charge on any atom is -0.486 e. The number of nitrogens with one attached hydrogen (secondary N) is 1. The number of amides is 1. The zero-order chi connectivity index (χ0) is 26.8. The number of aliphatic hydroxyl groups excluding tert-OH is 1. The molecule has 0 spiro atoms. The fraction of sp³-hybridized carbons (Fsp3) is 0.435. The van der Waals surface area contributed by atoms with Crippen molar-refractivity contribution in [2.75, 3.05) is 37.7 Å². The van der Waals surface area contributed by atoms with Crippen LogP contribution in [0.15, 0.2) is 47.4 Å². The Kier molecular flexibility index (Phi) is 8.56. The van der Waals surface area contributed by atoms with Crippen LogP contribution in [-0.2, 0) is 20.0 Å². The second-order valence-electron chi connectivity index (χ2n) is 8.92. The molecule has 0 unspecified atom stereocenters. The molecule has 2 aromatic carbocycles. The lowest BCUT2D eigenvalue weighted by atomic mass is 9.99. The summed E-state index contributed by atoms with van der Waals surface area (Å²) in [5, 5.41) is 10.2. The molecule has 0 saturated carbocycles. The first-order chi connectivity index (χ1) is 16.7. The van der Waals surface area contributed by atoms with E-state index in [-0.39, 0.29) is 47.5 Å². The third-order valence-corrected chi connectivity index (χ3v) is 8.63. The standard InChI is InChI=1S/C23H30ClN3O7S2/c1-15-12-27(16(2)14-28)23(29)19-6-5-7-20(25-35(4,30)31)22(19)34-21(15)13-26(3)36(32,33)18-10-8-17(24)9-11-18/h5-11,15-16,21,25,28H,12-14H2,1-4H3/t15-,16+,21-/m0/s1. The smallest absolute Gasteiger partial charge is 0.258 e. The minimum atomic E-state index is -3.90. The highest BCUT2D eigenvalue weighted by molar-refractivity contribution is 7.92. The molecule has 13 heteroatoms. The van der Waals surface area contributed by atoms with Gasteiger partial charge in [0.15, 0.2) is 5.75 Å². The number of para-hydroxylation sites is 1. The number of hydrogen-bond donors (Lipinski definition) is 2. The quantitative estimate of drug-likeness (QED) is 0.506. The van der Waals surface area contributed by atoms with Crippen LogP contribution in [-0.4, -0.2) is 82.2 Å². The number of anilines is 1. The molecule has 1 amide bonds. The van der Waals surface area contributed by atoms with E-state index in [0.29, 0.717) is 5.02 Å². The average Bonchev–Trinajstić information content (AvgIpc) is 2.80. The van der Waals surface area contributed by atoms with E-state index in [9.17, 15) is 26.7 Å². The van der Waals surface area contributed by atoms with Crippen LogP contribution in [0.3, 0.4) is 0 Å². The third kappa shape index (κ3) is 6.30. The Morgan fingerprint density at radius 2 is 1.83 bits per heavy atom. The van der Waals surface area contributed by atoms with E-state index in [1.807, 2.05) is 0 Å². The molecule has 0 bridgehead atoms. The summed E-state index contributed by atoms with van der Waals surface area (Å²) >= 11 is 5.89. The van der Waals surface area contributed by atoms with Crippen molar-refractivity contribution >= 4 is 43.2 Å². The molecule has 36 heavy (non-hydrogen) atoms. The summed E-state index contributed by atoms with van der Waals surface area (Å²) in [6.07, 6.45) is 0.212. The van der Waals surface area contributed by atoms with E-state index < -0.39 is 38.1 Å². The summed E-state index contributed by atoms with van der Waals surface area (Å²) in [5.74, 6) is -0.821. The molecule has 0 aliphatic carbocycles. The number of carbonyl (C=O) groups excluding carboxylic acids is 1.